The lowest BCUT2D eigenvalue weighted by molar-refractivity contribution is -0.120. The van der Waals surface area contributed by atoms with Gasteiger partial charge in [0.15, 0.2) is 0 Å². The summed E-state index contributed by atoms with van der Waals surface area (Å²) in [7, 11) is 1.91. The maximum Gasteiger partial charge on any atom is 0.329 e. The first-order valence-electron chi connectivity index (χ1n) is 13.7. The molecule has 0 bridgehead atoms. The minimum Gasteiger partial charge on any atom is -0.490 e. The van der Waals surface area contributed by atoms with Crippen LogP contribution in [-0.4, -0.2) is 39.0 Å². The Morgan fingerprint density at radius 1 is 1.03 bits per heavy atom. The molecular weight excluding hydrogens is 478 g/mol. The number of rotatable bonds is 6. The Kier molecular flexibility index (Phi) is 6.66. The molecule has 198 valence electrons. The predicted molar refractivity (Wildman–Crippen MR) is 146 cm³/mol. The van der Waals surface area contributed by atoms with Crippen LogP contribution in [0.1, 0.15) is 55.7 Å². The van der Waals surface area contributed by atoms with Gasteiger partial charge in [-0.25, -0.2) is 9.78 Å². The summed E-state index contributed by atoms with van der Waals surface area (Å²) in [5.74, 6) is 2.84. The summed E-state index contributed by atoms with van der Waals surface area (Å²) in [6.45, 7) is 5.35. The summed E-state index contributed by atoms with van der Waals surface area (Å²) in [6.07, 6.45) is 7.34. The van der Waals surface area contributed by atoms with Gasteiger partial charge in [0.1, 0.15) is 23.5 Å². The zero-order valence-electron chi connectivity index (χ0n) is 22.2. The maximum absolute atomic E-state index is 12.3. The van der Waals surface area contributed by atoms with Crippen molar-refractivity contribution in [3.05, 3.63) is 65.4 Å². The van der Waals surface area contributed by atoms with Gasteiger partial charge in [-0.3, -0.25) is 19.9 Å². The molecule has 2 fully saturated rings. The average Bonchev–Trinajstić information content (AvgIpc) is 3.48. The van der Waals surface area contributed by atoms with E-state index in [9.17, 15) is 9.59 Å². The van der Waals surface area contributed by atoms with Gasteiger partial charge >= 0.3 is 6.03 Å². The molecule has 2 aromatic carbocycles. The predicted octanol–water partition coefficient (Wildman–Crippen LogP) is 5.01. The zero-order valence-corrected chi connectivity index (χ0v) is 22.2. The van der Waals surface area contributed by atoms with Crippen molar-refractivity contribution >= 4 is 17.8 Å². The van der Waals surface area contributed by atoms with E-state index in [0.717, 1.165) is 43.2 Å². The van der Waals surface area contributed by atoms with Gasteiger partial charge < -0.3 is 9.30 Å². The molecule has 3 aliphatic rings. The summed E-state index contributed by atoms with van der Waals surface area (Å²) in [6, 6.07) is 14.7. The van der Waals surface area contributed by atoms with E-state index in [4.69, 9.17) is 4.74 Å². The molecule has 2 atom stereocenters. The van der Waals surface area contributed by atoms with Crippen LogP contribution >= 0.6 is 0 Å². The number of benzene rings is 2. The molecule has 6 rings (SSSR count). The number of nitrogens with one attached hydrogen (secondary N) is 1. The van der Waals surface area contributed by atoms with E-state index in [-0.39, 0.29) is 12.3 Å². The Morgan fingerprint density at radius 2 is 1.82 bits per heavy atom. The van der Waals surface area contributed by atoms with Crippen molar-refractivity contribution < 1.29 is 14.3 Å². The molecule has 1 N–H and O–H groups in total. The van der Waals surface area contributed by atoms with E-state index < -0.39 is 6.03 Å². The van der Waals surface area contributed by atoms with Gasteiger partial charge in [-0.05, 0) is 60.1 Å². The van der Waals surface area contributed by atoms with Crippen molar-refractivity contribution in [2.24, 2.45) is 13.0 Å². The summed E-state index contributed by atoms with van der Waals surface area (Å²) >= 11 is 0. The number of nitrogens with zero attached hydrogens (tertiary/aromatic N) is 4. The normalized spacial score (nSPS) is 21.9. The number of imidazole rings is 1. The van der Waals surface area contributed by atoms with Crippen molar-refractivity contribution in [3.8, 4) is 17.1 Å². The van der Waals surface area contributed by atoms with Crippen molar-refractivity contribution in [2.45, 2.75) is 64.8 Å². The number of aromatic nitrogens is 2. The molecule has 1 aliphatic carbocycles. The second kappa shape index (κ2) is 10.3. The van der Waals surface area contributed by atoms with E-state index in [0.29, 0.717) is 24.4 Å². The lowest BCUT2D eigenvalue weighted by atomic mass is 9.88. The number of carbonyl (C=O) groups is 2. The number of amides is 3. The minimum atomic E-state index is -0.400. The van der Waals surface area contributed by atoms with Gasteiger partial charge in [0.25, 0.3) is 0 Å². The molecule has 38 heavy (non-hydrogen) atoms. The fourth-order valence-corrected chi connectivity index (χ4v) is 5.98. The standard InChI is InChI=1S/C30H35N5O3/c1-20-5-3-4-6-26(20)38-25-11-7-21(8-12-25)17-34-18-23-10-9-22(15-24(23)19-34)29-31-16-28(33(29)2)35-14-13-27(36)32-30(35)37/h7-12,15-16,20,26H,3-6,13-14,17-19H2,1-2H3,(H,32,36,37)/t20-,26-/m1/s1. The van der Waals surface area contributed by atoms with Crippen molar-refractivity contribution in [1.29, 1.82) is 0 Å². The summed E-state index contributed by atoms with van der Waals surface area (Å²) < 4.78 is 8.22. The Morgan fingerprint density at radius 3 is 2.61 bits per heavy atom. The van der Waals surface area contributed by atoms with Gasteiger partial charge in [-0.1, -0.05) is 37.6 Å². The lowest BCUT2D eigenvalue weighted by Gasteiger charge is -2.29. The fraction of sp³-hybridized carbons (Fsp3) is 0.433. The first kappa shape index (κ1) is 24.7. The number of hydrogen-bond acceptors (Lipinski definition) is 5. The van der Waals surface area contributed by atoms with Crippen molar-refractivity contribution in [3.63, 3.8) is 0 Å². The molecule has 3 heterocycles. The number of ether oxygens (including phenoxy) is 1. The zero-order chi connectivity index (χ0) is 26.2. The van der Waals surface area contributed by atoms with Crippen LogP contribution in [0.5, 0.6) is 5.75 Å². The number of urea groups is 1. The van der Waals surface area contributed by atoms with Gasteiger partial charge in [0.2, 0.25) is 5.91 Å². The van der Waals surface area contributed by atoms with E-state index in [1.807, 2.05) is 11.6 Å². The lowest BCUT2D eigenvalue weighted by Crippen LogP contribution is -2.50. The van der Waals surface area contributed by atoms with Crippen LogP contribution in [0, 0.1) is 5.92 Å². The Labute approximate surface area is 223 Å². The molecule has 1 saturated heterocycles. The van der Waals surface area contributed by atoms with Crippen molar-refractivity contribution in [2.75, 3.05) is 11.4 Å². The molecule has 0 radical (unpaired) electrons. The number of anilines is 1. The van der Waals surface area contributed by atoms with E-state index in [2.05, 4.69) is 64.6 Å². The molecule has 3 amide bonds. The van der Waals surface area contributed by atoms with E-state index in [1.54, 1.807) is 11.1 Å². The molecule has 0 unspecified atom stereocenters. The topological polar surface area (TPSA) is 79.7 Å². The number of fused-ring (bicyclic) bond motifs is 1. The first-order chi connectivity index (χ1) is 18.4. The highest BCUT2D eigenvalue weighted by Gasteiger charge is 2.28. The molecule has 0 spiro atoms. The summed E-state index contributed by atoms with van der Waals surface area (Å²) in [5.41, 5.74) is 4.95. The first-order valence-corrected chi connectivity index (χ1v) is 13.7. The number of imide groups is 1. The smallest absolute Gasteiger partial charge is 0.329 e. The Balaban J connectivity index is 1.10. The second-order valence-corrected chi connectivity index (χ2v) is 10.9. The van der Waals surface area contributed by atoms with Crippen LogP contribution < -0.4 is 15.0 Å². The highest BCUT2D eigenvalue weighted by molar-refractivity contribution is 6.05. The largest absolute Gasteiger partial charge is 0.490 e. The second-order valence-electron chi connectivity index (χ2n) is 10.9. The maximum atomic E-state index is 12.3. The molecule has 8 heteroatoms. The third-order valence-corrected chi connectivity index (χ3v) is 8.20. The highest BCUT2D eigenvalue weighted by atomic mass is 16.5. The number of carbonyl (C=O) groups excluding carboxylic acids is 2. The number of hydrogen-bond donors (Lipinski definition) is 1. The van der Waals surface area contributed by atoms with E-state index >= 15 is 0 Å². The molecule has 1 saturated carbocycles. The molecule has 3 aromatic rings. The van der Waals surface area contributed by atoms with Crippen LogP contribution in [0.15, 0.2) is 48.7 Å². The van der Waals surface area contributed by atoms with Crippen LogP contribution in [0.4, 0.5) is 10.6 Å². The SMILES string of the molecule is C[C@@H]1CCCC[C@H]1Oc1ccc(CN2Cc3ccc(-c4ncc(N5CCC(=O)NC5=O)n4C)cc3C2)cc1. The minimum absolute atomic E-state index is 0.241. The quantitative estimate of drug-likeness (QED) is 0.502. The van der Waals surface area contributed by atoms with Crippen LogP contribution in [-0.2, 0) is 31.5 Å². The van der Waals surface area contributed by atoms with Gasteiger partial charge in [0, 0.05) is 45.2 Å². The Bertz CT molecular complexity index is 1350. The van der Waals surface area contributed by atoms with E-state index in [1.165, 1.54) is 36.0 Å². The third kappa shape index (κ3) is 4.92. The Hall–Kier alpha value is -3.65. The fourth-order valence-electron chi connectivity index (χ4n) is 5.98. The molecule has 1 aromatic heterocycles. The summed E-state index contributed by atoms with van der Waals surface area (Å²) in [5, 5.41) is 2.38. The third-order valence-electron chi connectivity index (χ3n) is 8.20. The monoisotopic (exact) mass is 513 g/mol. The molecule has 2 aliphatic heterocycles. The van der Waals surface area contributed by atoms with Gasteiger partial charge in [0.05, 0.1) is 6.20 Å². The highest BCUT2D eigenvalue weighted by Crippen LogP contribution is 2.32. The summed E-state index contributed by atoms with van der Waals surface area (Å²) in [4.78, 5) is 32.5. The van der Waals surface area contributed by atoms with Crippen LogP contribution in [0.25, 0.3) is 11.4 Å². The van der Waals surface area contributed by atoms with Gasteiger partial charge in [-0.15, -0.1) is 0 Å². The molecule has 8 nitrogen and oxygen atoms in total. The molecular formula is C30H35N5O3. The van der Waals surface area contributed by atoms with Gasteiger partial charge in [-0.2, -0.15) is 0 Å². The average molecular weight is 514 g/mol. The van der Waals surface area contributed by atoms with Crippen LogP contribution in [0.3, 0.4) is 0 Å². The van der Waals surface area contributed by atoms with Crippen molar-refractivity contribution in [1.82, 2.24) is 19.8 Å². The van der Waals surface area contributed by atoms with Crippen LogP contribution in [0.2, 0.25) is 0 Å².